The molecule has 4 amide bonds. The molecule has 9 nitrogen and oxygen atoms in total. The number of nitrogens with one attached hydrogen (secondary N) is 1. The lowest BCUT2D eigenvalue weighted by Gasteiger charge is -2.26. The minimum Gasteiger partial charge on any atom is -0.372 e. The van der Waals surface area contributed by atoms with Crippen LogP contribution in [0, 0.1) is 10.1 Å². The zero-order valence-corrected chi connectivity index (χ0v) is 16.1. The third kappa shape index (κ3) is 3.94. The zero-order valence-electron chi connectivity index (χ0n) is 15.4. The molecule has 148 valence electrons. The van der Waals surface area contributed by atoms with Crippen LogP contribution in [0.15, 0.2) is 48.0 Å². The Bertz CT molecular complexity index is 1080. The van der Waals surface area contributed by atoms with Crippen molar-refractivity contribution in [1.29, 1.82) is 0 Å². The number of amides is 4. The van der Waals surface area contributed by atoms with E-state index in [0.717, 1.165) is 4.90 Å². The number of carbonyl (C=O) groups excluding carboxylic acids is 3. The van der Waals surface area contributed by atoms with Gasteiger partial charge in [-0.25, -0.2) is 9.69 Å². The summed E-state index contributed by atoms with van der Waals surface area (Å²) in [5.74, 6) is -1.75. The van der Waals surface area contributed by atoms with E-state index in [1.165, 1.54) is 36.4 Å². The van der Waals surface area contributed by atoms with Gasteiger partial charge in [0, 0.05) is 25.2 Å². The summed E-state index contributed by atoms with van der Waals surface area (Å²) in [6.45, 7) is 0. The molecule has 1 aliphatic rings. The van der Waals surface area contributed by atoms with Crippen molar-refractivity contribution in [3.8, 4) is 0 Å². The molecule has 0 saturated carbocycles. The number of hydrogen-bond donors (Lipinski definition) is 1. The number of anilines is 2. The second-order valence-corrected chi connectivity index (χ2v) is 6.77. The topological polar surface area (TPSA) is 113 Å². The van der Waals surface area contributed by atoms with Gasteiger partial charge in [0.25, 0.3) is 17.5 Å². The second-order valence-electron chi connectivity index (χ2n) is 6.34. The quantitative estimate of drug-likeness (QED) is 0.356. The summed E-state index contributed by atoms with van der Waals surface area (Å²) < 4.78 is 0. The van der Waals surface area contributed by atoms with Crippen LogP contribution in [-0.4, -0.2) is 36.9 Å². The van der Waals surface area contributed by atoms with Gasteiger partial charge in [0.1, 0.15) is 11.3 Å². The lowest BCUT2D eigenvalue weighted by Crippen LogP contribution is -2.54. The molecule has 0 aliphatic carbocycles. The minimum absolute atomic E-state index is 0.184. The number of benzene rings is 2. The van der Waals surface area contributed by atoms with Crippen LogP contribution in [0.3, 0.4) is 0 Å². The standard InChI is InChI=1S/C19H15ClN4O5/c1-22(2)15-7-6-11(9-16(15)24(28)29)8-14-17(25)21-19(27)23(18(14)26)13-5-3-4-12(20)10-13/h3-10H,1-2H3,(H,21,25,27)/b14-8+. The average molecular weight is 415 g/mol. The van der Waals surface area contributed by atoms with Gasteiger partial charge in [0.05, 0.1) is 10.6 Å². The molecule has 1 fully saturated rings. The van der Waals surface area contributed by atoms with Gasteiger partial charge in [-0.1, -0.05) is 23.7 Å². The van der Waals surface area contributed by atoms with Crippen molar-refractivity contribution in [2.75, 3.05) is 23.9 Å². The van der Waals surface area contributed by atoms with Crippen LogP contribution in [0.1, 0.15) is 5.56 Å². The molecule has 0 aromatic heterocycles. The van der Waals surface area contributed by atoms with Gasteiger partial charge < -0.3 is 4.90 Å². The van der Waals surface area contributed by atoms with Crippen molar-refractivity contribution in [2.24, 2.45) is 0 Å². The molecule has 1 N–H and O–H groups in total. The zero-order chi connectivity index (χ0) is 21.3. The van der Waals surface area contributed by atoms with Crippen molar-refractivity contribution in [1.82, 2.24) is 5.32 Å². The van der Waals surface area contributed by atoms with Gasteiger partial charge in [-0.3, -0.25) is 25.0 Å². The fourth-order valence-corrected chi connectivity index (χ4v) is 3.01. The van der Waals surface area contributed by atoms with Crippen molar-refractivity contribution < 1.29 is 19.3 Å². The van der Waals surface area contributed by atoms with Crippen LogP contribution in [0.5, 0.6) is 0 Å². The van der Waals surface area contributed by atoms with Gasteiger partial charge in [-0.05, 0) is 35.9 Å². The normalized spacial score (nSPS) is 15.5. The molecule has 3 rings (SSSR count). The summed E-state index contributed by atoms with van der Waals surface area (Å²) in [6.07, 6.45) is 1.20. The number of carbonyl (C=O) groups is 3. The Morgan fingerprint density at radius 1 is 1.14 bits per heavy atom. The molecule has 0 spiro atoms. The Morgan fingerprint density at radius 3 is 2.48 bits per heavy atom. The number of urea groups is 1. The molecule has 1 heterocycles. The van der Waals surface area contributed by atoms with E-state index in [4.69, 9.17) is 11.6 Å². The predicted molar refractivity (Wildman–Crippen MR) is 108 cm³/mol. The van der Waals surface area contributed by atoms with Crippen molar-refractivity contribution >= 4 is 52.6 Å². The molecular weight excluding hydrogens is 400 g/mol. The number of imide groups is 2. The first-order chi connectivity index (χ1) is 13.7. The first-order valence-electron chi connectivity index (χ1n) is 8.32. The summed E-state index contributed by atoms with van der Waals surface area (Å²) >= 11 is 5.92. The highest BCUT2D eigenvalue weighted by atomic mass is 35.5. The van der Waals surface area contributed by atoms with Crippen LogP contribution in [0.2, 0.25) is 5.02 Å². The molecule has 0 bridgehead atoms. The van der Waals surface area contributed by atoms with Gasteiger partial charge in [0.15, 0.2) is 0 Å². The number of nitro benzene ring substituents is 1. The Hall–Kier alpha value is -3.72. The van der Waals surface area contributed by atoms with Crippen LogP contribution in [0.25, 0.3) is 6.08 Å². The van der Waals surface area contributed by atoms with E-state index >= 15 is 0 Å². The fraction of sp³-hybridized carbons (Fsp3) is 0.105. The lowest BCUT2D eigenvalue weighted by atomic mass is 10.1. The molecule has 10 heteroatoms. The Kier molecular flexibility index (Phi) is 5.33. The maximum atomic E-state index is 12.8. The Labute approximate surface area is 170 Å². The van der Waals surface area contributed by atoms with E-state index in [0.29, 0.717) is 10.7 Å². The summed E-state index contributed by atoms with van der Waals surface area (Å²) in [5, 5.41) is 13.8. The number of hydrogen-bond acceptors (Lipinski definition) is 6. The summed E-state index contributed by atoms with van der Waals surface area (Å²) in [7, 11) is 3.32. The molecule has 29 heavy (non-hydrogen) atoms. The van der Waals surface area contributed by atoms with E-state index in [9.17, 15) is 24.5 Å². The highest BCUT2D eigenvalue weighted by Gasteiger charge is 2.37. The van der Waals surface area contributed by atoms with Crippen LogP contribution in [-0.2, 0) is 9.59 Å². The first-order valence-corrected chi connectivity index (χ1v) is 8.69. The number of nitrogens with zero attached hydrogens (tertiary/aromatic N) is 3. The monoisotopic (exact) mass is 414 g/mol. The number of barbiturate groups is 1. The number of rotatable bonds is 4. The van der Waals surface area contributed by atoms with Gasteiger partial charge in [-0.15, -0.1) is 0 Å². The van der Waals surface area contributed by atoms with Gasteiger partial charge in [0.2, 0.25) is 0 Å². The molecule has 2 aromatic carbocycles. The maximum Gasteiger partial charge on any atom is 0.335 e. The third-order valence-electron chi connectivity index (χ3n) is 4.16. The van der Waals surface area contributed by atoms with Gasteiger partial charge >= 0.3 is 6.03 Å². The highest BCUT2D eigenvalue weighted by Crippen LogP contribution is 2.29. The van der Waals surface area contributed by atoms with Crippen LogP contribution >= 0.6 is 11.6 Å². The molecular formula is C19H15ClN4O5. The summed E-state index contributed by atoms with van der Waals surface area (Å²) in [5.41, 5.74) is 0.299. The van der Waals surface area contributed by atoms with Gasteiger partial charge in [-0.2, -0.15) is 0 Å². The number of nitro groups is 1. The molecule has 1 saturated heterocycles. The fourth-order valence-electron chi connectivity index (χ4n) is 2.83. The number of halogens is 1. The molecule has 2 aromatic rings. The largest absolute Gasteiger partial charge is 0.372 e. The first kappa shape index (κ1) is 20.0. The van der Waals surface area contributed by atoms with Crippen molar-refractivity contribution in [3.05, 3.63) is 68.7 Å². The van der Waals surface area contributed by atoms with Crippen molar-refractivity contribution in [3.63, 3.8) is 0 Å². The van der Waals surface area contributed by atoms with Crippen molar-refractivity contribution in [2.45, 2.75) is 0 Å². The summed E-state index contributed by atoms with van der Waals surface area (Å²) in [4.78, 5) is 50.4. The summed E-state index contributed by atoms with van der Waals surface area (Å²) in [6, 6.07) is 9.42. The predicted octanol–water partition coefficient (Wildman–Crippen LogP) is 2.98. The lowest BCUT2D eigenvalue weighted by molar-refractivity contribution is -0.384. The Balaban J connectivity index is 2.05. The van der Waals surface area contributed by atoms with Crippen LogP contribution < -0.4 is 15.1 Å². The maximum absolute atomic E-state index is 12.8. The molecule has 1 aliphatic heterocycles. The van der Waals surface area contributed by atoms with E-state index in [1.807, 2.05) is 0 Å². The minimum atomic E-state index is -0.909. The van der Waals surface area contributed by atoms with Crippen LogP contribution in [0.4, 0.5) is 21.9 Å². The average Bonchev–Trinajstić information content (AvgIpc) is 2.64. The SMILES string of the molecule is CN(C)c1ccc(/C=C2\C(=O)NC(=O)N(c3cccc(Cl)c3)C2=O)cc1[N+](=O)[O-]. The molecule has 0 atom stereocenters. The highest BCUT2D eigenvalue weighted by molar-refractivity contribution is 6.39. The van der Waals surface area contributed by atoms with E-state index < -0.39 is 22.8 Å². The third-order valence-corrected chi connectivity index (χ3v) is 4.39. The molecule has 0 unspecified atom stereocenters. The van der Waals surface area contributed by atoms with E-state index in [1.54, 1.807) is 31.1 Å². The smallest absolute Gasteiger partial charge is 0.335 e. The molecule has 0 radical (unpaired) electrons. The second kappa shape index (κ2) is 7.72. The van der Waals surface area contributed by atoms with E-state index in [2.05, 4.69) is 5.32 Å². The van der Waals surface area contributed by atoms with E-state index in [-0.39, 0.29) is 22.5 Å². The Morgan fingerprint density at radius 2 is 1.86 bits per heavy atom.